The van der Waals surface area contributed by atoms with Crippen LogP contribution in [0.15, 0.2) is 24.3 Å². The van der Waals surface area contributed by atoms with Crippen LogP contribution in [0.4, 0.5) is 0 Å². The van der Waals surface area contributed by atoms with Gasteiger partial charge in [0.15, 0.2) is 0 Å². The average molecular weight is 368 g/mol. The highest BCUT2D eigenvalue weighted by Gasteiger charge is 2.49. The molecule has 1 heterocycles. The standard InChI is InChI=1S/C20H32O6/c1-2-3-6-9-15(24-23)12-13-17-16(18-14-19(17)26-25-18)10-7-4-5-8-11-20(21)22/h4,7,12-13,15-19,23H,2-3,5-6,8-11,14H2,1H3,(H,21,22)/b7-4-,13-12+/t15?,16-,17-,18?,19?/m1/s1. The third-order valence-corrected chi connectivity index (χ3v) is 5.28. The molecule has 2 N–H and O–H groups in total. The molecule has 6 nitrogen and oxygen atoms in total. The number of fused-ring (bicyclic) bond motifs is 2. The predicted molar refractivity (Wildman–Crippen MR) is 97.4 cm³/mol. The first kappa shape index (κ1) is 21.1. The summed E-state index contributed by atoms with van der Waals surface area (Å²) in [5.74, 6) is -0.154. The normalized spacial score (nSPS) is 29.2. The van der Waals surface area contributed by atoms with E-state index < -0.39 is 5.97 Å². The molecule has 26 heavy (non-hydrogen) atoms. The van der Waals surface area contributed by atoms with Gasteiger partial charge in [-0.05, 0) is 25.7 Å². The van der Waals surface area contributed by atoms with E-state index in [1.807, 2.05) is 6.08 Å². The third-order valence-electron chi connectivity index (χ3n) is 5.28. The van der Waals surface area contributed by atoms with E-state index in [-0.39, 0.29) is 30.7 Å². The summed E-state index contributed by atoms with van der Waals surface area (Å²) in [4.78, 5) is 25.9. The highest BCUT2D eigenvalue weighted by Crippen LogP contribution is 2.44. The van der Waals surface area contributed by atoms with Crippen molar-refractivity contribution in [2.24, 2.45) is 11.8 Å². The first-order valence-corrected chi connectivity index (χ1v) is 9.83. The number of carbonyl (C=O) groups is 1. The van der Waals surface area contributed by atoms with Gasteiger partial charge >= 0.3 is 5.97 Å². The Balaban J connectivity index is 1.82. The van der Waals surface area contributed by atoms with E-state index in [9.17, 15) is 4.79 Å². The third kappa shape index (κ3) is 6.50. The smallest absolute Gasteiger partial charge is 0.303 e. The van der Waals surface area contributed by atoms with Crippen LogP contribution >= 0.6 is 0 Å². The number of carboxylic acids is 1. The summed E-state index contributed by atoms with van der Waals surface area (Å²) in [7, 11) is 0. The van der Waals surface area contributed by atoms with Crippen LogP contribution in [0.25, 0.3) is 0 Å². The predicted octanol–water partition coefficient (Wildman–Crippen LogP) is 4.52. The molecule has 0 amide bonds. The van der Waals surface area contributed by atoms with E-state index in [0.717, 1.165) is 44.9 Å². The topological polar surface area (TPSA) is 85.2 Å². The fourth-order valence-corrected chi connectivity index (χ4v) is 3.79. The van der Waals surface area contributed by atoms with Crippen LogP contribution < -0.4 is 0 Å². The van der Waals surface area contributed by atoms with Gasteiger partial charge in [-0.3, -0.25) is 10.1 Å². The Hall–Kier alpha value is -1.21. The molecule has 2 aliphatic rings. The molecule has 1 aliphatic heterocycles. The van der Waals surface area contributed by atoms with Gasteiger partial charge in [-0.2, -0.15) is 0 Å². The lowest BCUT2D eigenvalue weighted by Gasteiger charge is -2.27. The van der Waals surface area contributed by atoms with Crippen LogP contribution in [0.2, 0.25) is 0 Å². The second-order valence-corrected chi connectivity index (χ2v) is 7.26. The zero-order valence-electron chi connectivity index (χ0n) is 15.6. The molecule has 1 saturated heterocycles. The van der Waals surface area contributed by atoms with Gasteiger partial charge in [-0.25, -0.2) is 14.7 Å². The van der Waals surface area contributed by atoms with Gasteiger partial charge < -0.3 is 5.11 Å². The summed E-state index contributed by atoms with van der Waals surface area (Å²) in [6.07, 6.45) is 15.7. The molecule has 2 rings (SSSR count). The minimum Gasteiger partial charge on any atom is -0.481 e. The number of hydrogen-bond acceptors (Lipinski definition) is 5. The van der Waals surface area contributed by atoms with Crippen molar-refractivity contribution in [1.82, 2.24) is 0 Å². The second-order valence-electron chi connectivity index (χ2n) is 7.26. The van der Waals surface area contributed by atoms with E-state index in [2.05, 4.69) is 30.0 Å². The molecule has 2 bridgehead atoms. The number of rotatable bonds is 13. The Kier molecular flexibility index (Phi) is 9.32. The number of allylic oxidation sites excluding steroid dienone is 2. The molecule has 6 heteroatoms. The largest absolute Gasteiger partial charge is 0.481 e. The summed E-state index contributed by atoms with van der Waals surface area (Å²) >= 11 is 0. The highest BCUT2D eigenvalue weighted by molar-refractivity contribution is 5.66. The van der Waals surface area contributed by atoms with Crippen LogP contribution in [0, 0.1) is 11.8 Å². The summed E-state index contributed by atoms with van der Waals surface area (Å²) < 4.78 is 0. The van der Waals surface area contributed by atoms with Crippen LogP contribution in [0.5, 0.6) is 0 Å². The number of aliphatic carboxylic acids is 1. The van der Waals surface area contributed by atoms with Gasteiger partial charge in [0.05, 0.1) is 6.10 Å². The van der Waals surface area contributed by atoms with Gasteiger partial charge in [0.2, 0.25) is 0 Å². The summed E-state index contributed by atoms with van der Waals surface area (Å²) in [5.41, 5.74) is 0. The molecule has 2 fully saturated rings. The lowest BCUT2D eigenvalue weighted by Crippen LogP contribution is -2.29. The maximum absolute atomic E-state index is 10.5. The van der Waals surface area contributed by atoms with Crippen LogP contribution in [0.3, 0.4) is 0 Å². The van der Waals surface area contributed by atoms with Crippen molar-refractivity contribution in [3.8, 4) is 0 Å². The lowest BCUT2D eigenvalue weighted by molar-refractivity contribution is -0.336. The summed E-state index contributed by atoms with van der Waals surface area (Å²) in [6, 6.07) is 0. The minimum absolute atomic E-state index is 0.0663. The van der Waals surface area contributed by atoms with E-state index in [1.54, 1.807) is 0 Å². The van der Waals surface area contributed by atoms with Crippen LogP contribution in [-0.2, 0) is 19.5 Å². The van der Waals surface area contributed by atoms with E-state index in [0.29, 0.717) is 12.3 Å². The Morgan fingerprint density at radius 1 is 1.23 bits per heavy atom. The lowest BCUT2D eigenvalue weighted by atomic mass is 9.89. The van der Waals surface area contributed by atoms with Crippen molar-refractivity contribution in [2.75, 3.05) is 0 Å². The zero-order valence-corrected chi connectivity index (χ0v) is 15.6. The van der Waals surface area contributed by atoms with Gasteiger partial charge in [0.1, 0.15) is 12.2 Å². The van der Waals surface area contributed by atoms with E-state index in [4.69, 9.17) is 20.1 Å². The fourth-order valence-electron chi connectivity index (χ4n) is 3.79. The van der Waals surface area contributed by atoms with E-state index in [1.165, 1.54) is 0 Å². The van der Waals surface area contributed by atoms with Gasteiger partial charge in [0.25, 0.3) is 0 Å². The van der Waals surface area contributed by atoms with Crippen LogP contribution in [0.1, 0.15) is 64.7 Å². The highest BCUT2D eigenvalue weighted by atomic mass is 17.2. The monoisotopic (exact) mass is 368 g/mol. The minimum atomic E-state index is -0.748. The molecular formula is C20H32O6. The SMILES string of the molecule is CCCCCC(/C=C/[C@H]1C2CC(OO2)[C@@H]1C/C=C\CCCC(=O)O)OO. The quantitative estimate of drug-likeness (QED) is 0.215. The van der Waals surface area contributed by atoms with Crippen molar-refractivity contribution in [2.45, 2.75) is 83.0 Å². The van der Waals surface area contributed by atoms with Gasteiger partial charge in [0, 0.05) is 24.7 Å². The molecule has 0 radical (unpaired) electrons. The zero-order chi connectivity index (χ0) is 18.8. The van der Waals surface area contributed by atoms with E-state index >= 15 is 0 Å². The van der Waals surface area contributed by atoms with Gasteiger partial charge in [-0.1, -0.05) is 50.5 Å². The second kappa shape index (κ2) is 11.5. The maximum atomic E-state index is 10.5. The molecule has 5 atom stereocenters. The number of unbranched alkanes of at least 4 members (excludes halogenated alkanes) is 3. The Labute approximate surface area is 155 Å². The molecule has 0 aromatic heterocycles. The number of hydrogen-bond donors (Lipinski definition) is 2. The Bertz CT molecular complexity index is 475. The maximum Gasteiger partial charge on any atom is 0.303 e. The first-order valence-electron chi connectivity index (χ1n) is 9.83. The molecule has 0 spiro atoms. The first-order chi connectivity index (χ1) is 12.7. The summed E-state index contributed by atoms with van der Waals surface area (Å²) in [6.45, 7) is 2.15. The van der Waals surface area contributed by atoms with Gasteiger partial charge in [-0.15, -0.1) is 0 Å². The van der Waals surface area contributed by atoms with Crippen molar-refractivity contribution >= 4 is 5.97 Å². The molecule has 0 aromatic rings. The summed E-state index contributed by atoms with van der Waals surface area (Å²) in [5, 5.41) is 17.8. The van der Waals surface area contributed by atoms with Crippen molar-refractivity contribution in [3.63, 3.8) is 0 Å². The average Bonchev–Trinajstić information content (AvgIpc) is 3.22. The molecule has 1 aliphatic carbocycles. The Morgan fingerprint density at radius 3 is 2.77 bits per heavy atom. The Morgan fingerprint density at radius 2 is 2.04 bits per heavy atom. The molecule has 1 saturated carbocycles. The van der Waals surface area contributed by atoms with Crippen LogP contribution in [-0.4, -0.2) is 34.6 Å². The van der Waals surface area contributed by atoms with Crippen molar-refractivity contribution in [1.29, 1.82) is 0 Å². The molecule has 0 aromatic carbocycles. The number of carboxylic acid groups (broad SMARTS) is 1. The molecule has 3 unspecified atom stereocenters. The fraction of sp³-hybridized carbons (Fsp3) is 0.750. The van der Waals surface area contributed by atoms with Crippen molar-refractivity contribution in [3.05, 3.63) is 24.3 Å². The van der Waals surface area contributed by atoms with Crippen molar-refractivity contribution < 1.29 is 29.8 Å². The molecular weight excluding hydrogens is 336 g/mol. The molecule has 148 valence electrons.